The maximum Gasteiger partial charge on any atom is 0.191 e. The van der Waals surface area contributed by atoms with E-state index >= 15 is 0 Å². The van der Waals surface area contributed by atoms with Crippen molar-refractivity contribution in [2.75, 3.05) is 36.9 Å². The van der Waals surface area contributed by atoms with Crippen molar-refractivity contribution >= 4 is 28.5 Å². The number of thioether (sulfide) groups is 1. The molecule has 1 atom stereocenters. The fraction of sp³-hybridized carbons (Fsp3) is 0.462. The van der Waals surface area contributed by atoms with Crippen LogP contribution in [0.15, 0.2) is 40.2 Å². The molecule has 6 heteroatoms. The van der Waals surface area contributed by atoms with Gasteiger partial charge in [-0.1, -0.05) is 18.2 Å². The molecule has 1 fully saturated rings. The third kappa shape index (κ3) is 4.54. The van der Waals surface area contributed by atoms with Gasteiger partial charge in [-0.2, -0.15) is 11.8 Å². The van der Waals surface area contributed by atoms with Gasteiger partial charge in [-0.25, -0.2) is 0 Å². The summed E-state index contributed by atoms with van der Waals surface area (Å²) in [6.07, 6.45) is 0. The van der Waals surface area contributed by atoms with Crippen molar-refractivity contribution in [2.45, 2.75) is 4.90 Å². The summed E-state index contributed by atoms with van der Waals surface area (Å²) in [6, 6.07) is 9.48. The number of benzene rings is 1. The Hall–Kier alpha value is -1.01. The lowest BCUT2D eigenvalue weighted by Crippen LogP contribution is -2.42. The number of hydrogen-bond acceptors (Lipinski definition) is 3. The van der Waals surface area contributed by atoms with Crippen LogP contribution in [0.1, 0.15) is 0 Å². The highest BCUT2D eigenvalue weighted by atomic mass is 32.2. The van der Waals surface area contributed by atoms with Gasteiger partial charge in [0.1, 0.15) is 0 Å². The predicted molar refractivity (Wildman–Crippen MR) is 83.1 cm³/mol. The van der Waals surface area contributed by atoms with E-state index < -0.39 is 10.8 Å². The Labute approximate surface area is 120 Å². The van der Waals surface area contributed by atoms with Crippen LogP contribution < -0.4 is 5.73 Å². The van der Waals surface area contributed by atoms with Crippen molar-refractivity contribution in [2.24, 2.45) is 10.7 Å². The second kappa shape index (κ2) is 7.55. The van der Waals surface area contributed by atoms with Crippen LogP contribution in [0, 0.1) is 0 Å². The number of rotatable bonds is 4. The molecule has 1 heterocycles. The fourth-order valence-corrected chi connectivity index (χ4v) is 3.68. The molecule has 1 aromatic rings. The summed E-state index contributed by atoms with van der Waals surface area (Å²) >= 11 is 1.94. The molecule has 2 N–H and O–H groups in total. The standard InChI is InChI=1S/C13H19N3OS2/c14-13(16-7-9-18-10-8-16)15-6-11-19(17)12-4-2-1-3-5-12/h1-5H,6-11H2,(H2,14,15). The minimum atomic E-state index is -0.990. The van der Waals surface area contributed by atoms with E-state index in [-0.39, 0.29) is 0 Å². The molecule has 19 heavy (non-hydrogen) atoms. The van der Waals surface area contributed by atoms with Crippen LogP contribution in [-0.2, 0) is 10.8 Å². The number of aliphatic imine (C=N–C) groups is 1. The second-order valence-electron chi connectivity index (χ2n) is 4.20. The van der Waals surface area contributed by atoms with E-state index in [0.717, 1.165) is 29.5 Å². The van der Waals surface area contributed by atoms with Crippen molar-refractivity contribution in [3.63, 3.8) is 0 Å². The topological polar surface area (TPSA) is 58.7 Å². The molecule has 2 rings (SSSR count). The summed E-state index contributed by atoms with van der Waals surface area (Å²) < 4.78 is 12.0. The third-order valence-corrected chi connectivity index (χ3v) is 5.19. The van der Waals surface area contributed by atoms with E-state index in [0.29, 0.717) is 18.3 Å². The van der Waals surface area contributed by atoms with Crippen LogP contribution in [0.25, 0.3) is 0 Å². The van der Waals surface area contributed by atoms with E-state index in [1.807, 2.05) is 42.1 Å². The summed E-state index contributed by atoms with van der Waals surface area (Å²) in [4.78, 5) is 7.28. The fourth-order valence-electron chi connectivity index (χ4n) is 1.83. The molecule has 0 bridgehead atoms. The summed E-state index contributed by atoms with van der Waals surface area (Å²) in [5.74, 6) is 3.32. The number of hydrogen-bond donors (Lipinski definition) is 1. The number of nitrogens with two attached hydrogens (primary N) is 1. The van der Waals surface area contributed by atoms with Crippen LogP contribution in [0.3, 0.4) is 0 Å². The first-order chi connectivity index (χ1) is 9.27. The van der Waals surface area contributed by atoms with Gasteiger partial charge < -0.3 is 10.6 Å². The van der Waals surface area contributed by atoms with Crippen LogP contribution in [-0.4, -0.2) is 52.0 Å². The van der Waals surface area contributed by atoms with Gasteiger partial charge in [0.2, 0.25) is 0 Å². The van der Waals surface area contributed by atoms with Crippen molar-refractivity contribution in [1.82, 2.24) is 4.90 Å². The van der Waals surface area contributed by atoms with Gasteiger partial charge >= 0.3 is 0 Å². The lowest BCUT2D eigenvalue weighted by molar-refractivity contribution is 0.456. The summed E-state index contributed by atoms with van der Waals surface area (Å²) in [7, 11) is -0.990. The first-order valence-electron chi connectivity index (χ1n) is 6.33. The Morgan fingerprint density at radius 1 is 1.32 bits per heavy atom. The number of nitrogens with zero attached hydrogens (tertiary/aromatic N) is 2. The molecule has 0 amide bonds. The van der Waals surface area contributed by atoms with Crippen molar-refractivity contribution in [3.8, 4) is 0 Å². The van der Waals surface area contributed by atoms with Crippen molar-refractivity contribution in [1.29, 1.82) is 0 Å². The molecule has 0 radical (unpaired) electrons. The highest BCUT2D eigenvalue weighted by Gasteiger charge is 2.12. The lowest BCUT2D eigenvalue weighted by Gasteiger charge is -2.27. The Balaban J connectivity index is 1.80. The molecule has 104 valence electrons. The third-order valence-electron chi connectivity index (χ3n) is 2.89. The zero-order chi connectivity index (χ0) is 13.5. The van der Waals surface area contributed by atoms with Gasteiger partial charge in [-0.15, -0.1) is 0 Å². The smallest absolute Gasteiger partial charge is 0.191 e. The highest BCUT2D eigenvalue weighted by Crippen LogP contribution is 2.09. The molecule has 1 saturated heterocycles. The zero-order valence-electron chi connectivity index (χ0n) is 10.8. The van der Waals surface area contributed by atoms with Gasteiger partial charge in [0.05, 0.1) is 17.3 Å². The van der Waals surface area contributed by atoms with Gasteiger partial charge in [0.15, 0.2) is 5.96 Å². The van der Waals surface area contributed by atoms with E-state index in [4.69, 9.17) is 5.73 Å². The van der Waals surface area contributed by atoms with Crippen molar-refractivity contribution < 1.29 is 4.21 Å². The van der Waals surface area contributed by atoms with Gasteiger partial charge in [0, 0.05) is 35.2 Å². The predicted octanol–water partition coefficient (Wildman–Crippen LogP) is 1.16. The van der Waals surface area contributed by atoms with Crippen LogP contribution in [0.5, 0.6) is 0 Å². The Kier molecular flexibility index (Phi) is 5.72. The summed E-state index contributed by atoms with van der Waals surface area (Å²) in [6.45, 7) is 2.43. The monoisotopic (exact) mass is 297 g/mol. The molecule has 0 aliphatic carbocycles. The SMILES string of the molecule is NC(=NCCS(=O)c1ccccc1)N1CCSCC1. The normalized spacial score (nSPS) is 18.3. The Morgan fingerprint density at radius 2 is 2.00 bits per heavy atom. The molecule has 1 unspecified atom stereocenters. The van der Waals surface area contributed by atoms with Gasteiger partial charge in [0.25, 0.3) is 0 Å². The van der Waals surface area contributed by atoms with E-state index in [1.165, 1.54) is 0 Å². The molecule has 0 spiro atoms. The molecule has 1 aliphatic heterocycles. The van der Waals surface area contributed by atoms with Crippen molar-refractivity contribution in [3.05, 3.63) is 30.3 Å². The molecule has 0 aromatic heterocycles. The van der Waals surface area contributed by atoms with E-state index in [1.54, 1.807) is 0 Å². The average Bonchev–Trinajstić information content (AvgIpc) is 2.49. The lowest BCUT2D eigenvalue weighted by atomic mass is 10.4. The molecule has 4 nitrogen and oxygen atoms in total. The second-order valence-corrected chi connectivity index (χ2v) is 7.00. The maximum atomic E-state index is 12.0. The quantitative estimate of drug-likeness (QED) is 0.669. The van der Waals surface area contributed by atoms with Crippen LogP contribution >= 0.6 is 11.8 Å². The van der Waals surface area contributed by atoms with Gasteiger partial charge in [-0.3, -0.25) is 9.20 Å². The molecular formula is C13H19N3OS2. The summed E-state index contributed by atoms with van der Waals surface area (Å²) in [5, 5.41) is 0. The summed E-state index contributed by atoms with van der Waals surface area (Å²) in [5.41, 5.74) is 5.94. The largest absolute Gasteiger partial charge is 0.370 e. The first-order valence-corrected chi connectivity index (χ1v) is 8.81. The van der Waals surface area contributed by atoms with E-state index in [2.05, 4.69) is 9.89 Å². The van der Waals surface area contributed by atoms with Crippen LogP contribution in [0.4, 0.5) is 0 Å². The molecule has 1 aromatic carbocycles. The van der Waals surface area contributed by atoms with Crippen LogP contribution in [0.2, 0.25) is 0 Å². The number of guanidine groups is 1. The highest BCUT2D eigenvalue weighted by molar-refractivity contribution is 7.99. The molecule has 0 saturated carbocycles. The first kappa shape index (κ1) is 14.4. The average molecular weight is 297 g/mol. The molecule has 1 aliphatic rings. The Bertz CT molecular complexity index is 444. The minimum absolute atomic E-state index is 0.511. The maximum absolute atomic E-state index is 12.0. The Morgan fingerprint density at radius 3 is 2.68 bits per heavy atom. The van der Waals surface area contributed by atoms with E-state index in [9.17, 15) is 4.21 Å². The van der Waals surface area contributed by atoms with Gasteiger partial charge in [-0.05, 0) is 12.1 Å². The minimum Gasteiger partial charge on any atom is -0.370 e. The zero-order valence-corrected chi connectivity index (χ0v) is 12.5. The molecular weight excluding hydrogens is 278 g/mol.